The van der Waals surface area contributed by atoms with E-state index in [1.807, 2.05) is 24.3 Å². The summed E-state index contributed by atoms with van der Waals surface area (Å²) >= 11 is 0. The van der Waals surface area contributed by atoms with E-state index in [0.717, 1.165) is 37.0 Å². The maximum Gasteiger partial charge on any atom is 0.119 e. The number of ether oxygens (including phenoxy) is 1. The topological polar surface area (TPSA) is 29.5 Å². The number of hydrogen-bond acceptors (Lipinski definition) is 2. The van der Waals surface area contributed by atoms with Gasteiger partial charge < -0.3 is 9.84 Å². The minimum absolute atomic E-state index is 0.389. The molecule has 1 aromatic carbocycles. The van der Waals surface area contributed by atoms with Crippen LogP contribution in [0.1, 0.15) is 38.2 Å². The summed E-state index contributed by atoms with van der Waals surface area (Å²) in [7, 11) is 1.66. The molecule has 2 nitrogen and oxygen atoms in total. The van der Waals surface area contributed by atoms with E-state index in [1.165, 1.54) is 0 Å². The molecule has 2 unspecified atom stereocenters. The molecule has 0 radical (unpaired) electrons. The van der Waals surface area contributed by atoms with E-state index in [4.69, 9.17) is 4.74 Å². The normalized spacial score (nSPS) is 29.3. The van der Waals surface area contributed by atoms with Crippen LogP contribution in [-0.2, 0) is 5.60 Å². The lowest BCUT2D eigenvalue weighted by Crippen LogP contribution is -2.29. The fraction of sp³-hybridized carbons (Fsp3) is 0.571. The Hall–Kier alpha value is -1.02. The number of hydrogen-bond donors (Lipinski definition) is 1. The van der Waals surface area contributed by atoms with Crippen LogP contribution < -0.4 is 4.74 Å². The zero-order valence-corrected chi connectivity index (χ0v) is 10.1. The molecule has 1 saturated carbocycles. The molecule has 0 heterocycles. The number of rotatable bonds is 3. The molecule has 1 fully saturated rings. The molecule has 0 aliphatic heterocycles. The van der Waals surface area contributed by atoms with Gasteiger partial charge in [-0.3, -0.25) is 0 Å². The minimum atomic E-state index is -0.636. The van der Waals surface area contributed by atoms with E-state index in [0.29, 0.717) is 5.92 Å². The second-order valence-electron chi connectivity index (χ2n) is 4.65. The molecule has 2 heteroatoms. The van der Waals surface area contributed by atoms with Crippen LogP contribution in [0.5, 0.6) is 5.75 Å². The molecule has 0 saturated heterocycles. The molecule has 0 aromatic heterocycles. The molecular formula is C14H20O2. The second kappa shape index (κ2) is 4.46. The summed E-state index contributed by atoms with van der Waals surface area (Å²) in [6.07, 6.45) is 4.16. The van der Waals surface area contributed by atoms with Gasteiger partial charge in [-0.2, -0.15) is 0 Å². The summed E-state index contributed by atoms with van der Waals surface area (Å²) in [5.74, 6) is 1.22. The van der Waals surface area contributed by atoms with Crippen LogP contribution in [0, 0.1) is 5.92 Å². The van der Waals surface area contributed by atoms with Crippen LogP contribution in [0.25, 0.3) is 0 Å². The highest BCUT2D eigenvalue weighted by Gasteiger charge is 2.41. The fourth-order valence-electron chi connectivity index (χ4n) is 2.88. The van der Waals surface area contributed by atoms with Crippen molar-refractivity contribution in [3.63, 3.8) is 0 Å². The Morgan fingerprint density at radius 2 is 2.31 bits per heavy atom. The Kier molecular flexibility index (Phi) is 3.20. The van der Waals surface area contributed by atoms with Crippen molar-refractivity contribution in [2.24, 2.45) is 5.92 Å². The Labute approximate surface area is 97.3 Å². The summed E-state index contributed by atoms with van der Waals surface area (Å²) in [6.45, 7) is 2.15. The highest BCUT2D eigenvalue weighted by molar-refractivity contribution is 5.33. The monoisotopic (exact) mass is 220 g/mol. The van der Waals surface area contributed by atoms with Gasteiger partial charge in [-0.05, 0) is 42.9 Å². The lowest BCUT2D eigenvalue weighted by molar-refractivity contribution is -0.00403. The van der Waals surface area contributed by atoms with Gasteiger partial charge in [0.1, 0.15) is 5.75 Å². The van der Waals surface area contributed by atoms with Crippen molar-refractivity contribution >= 4 is 0 Å². The zero-order chi connectivity index (χ0) is 11.6. The average Bonchev–Trinajstić information content (AvgIpc) is 2.72. The first-order chi connectivity index (χ1) is 7.70. The molecule has 2 atom stereocenters. The first kappa shape index (κ1) is 11.5. The van der Waals surface area contributed by atoms with Gasteiger partial charge in [-0.15, -0.1) is 0 Å². The quantitative estimate of drug-likeness (QED) is 0.848. The zero-order valence-electron chi connectivity index (χ0n) is 10.1. The molecule has 1 N–H and O–H groups in total. The van der Waals surface area contributed by atoms with E-state index >= 15 is 0 Å². The highest BCUT2D eigenvalue weighted by Crippen LogP contribution is 2.45. The third-order valence-electron chi connectivity index (χ3n) is 3.85. The van der Waals surface area contributed by atoms with Crippen molar-refractivity contribution < 1.29 is 9.84 Å². The smallest absolute Gasteiger partial charge is 0.119 e. The average molecular weight is 220 g/mol. The van der Waals surface area contributed by atoms with Gasteiger partial charge in [0, 0.05) is 0 Å². The van der Waals surface area contributed by atoms with E-state index in [-0.39, 0.29) is 0 Å². The molecule has 0 amide bonds. The van der Waals surface area contributed by atoms with Crippen molar-refractivity contribution in [2.45, 2.75) is 38.2 Å². The van der Waals surface area contributed by atoms with E-state index in [9.17, 15) is 5.11 Å². The van der Waals surface area contributed by atoms with Crippen LogP contribution in [-0.4, -0.2) is 12.2 Å². The number of benzene rings is 1. The molecule has 88 valence electrons. The predicted octanol–water partition coefficient (Wildman–Crippen LogP) is 3.09. The Balaban J connectivity index is 2.34. The number of aliphatic hydroxyl groups is 1. The lowest BCUT2D eigenvalue weighted by Gasteiger charge is -2.30. The first-order valence-electron chi connectivity index (χ1n) is 6.07. The van der Waals surface area contributed by atoms with Gasteiger partial charge in [0.05, 0.1) is 12.7 Å². The molecular weight excluding hydrogens is 200 g/mol. The standard InChI is InChI=1S/C14H20O2/c1-3-11-7-5-9-14(11,15)12-6-4-8-13(10-12)16-2/h4,6,8,10-11,15H,3,5,7,9H2,1-2H3. The maximum atomic E-state index is 10.8. The van der Waals surface area contributed by atoms with Gasteiger partial charge >= 0.3 is 0 Å². The SMILES string of the molecule is CCC1CCCC1(O)c1cccc(OC)c1. The van der Waals surface area contributed by atoms with Crippen LogP contribution in [0.4, 0.5) is 0 Å². The lowest BCUT2D eigenvalue weighted by atomic mass is 9.82. The van der Waals surface area contributed by atoms with Crippen molar-refractivity contribution in [2.75, 3.05) is 7.11 Å². The van der Waals surface area contributed by atoms with Crippen LogP contribution in [0.2, 0.25) is 0 Å². The fourth-order valence-corrected chi connectivity index (χ4v) is 2.88. The molecule has 0 bridgehead atoms. The van der Waals surface area contributed by atoms with Gasteiger partial charge in [0.2, 0.25) is 0 Å². The molecule has 0 spiro atoms. The molecule has 16 heavy (non-hydrogen) atoms. The van der Waals surface area contributed by atoms with Crippen LogP contribution in [0.15, 0.2) is 24.3 Å². The van der Waals surface area contributed by atoms with Crippen molar-refractivity contribution in [3.05, 3.63) is 29.8 Å². The predicted molar refractivity (Wildman–Crippen MR) is 64.5 cm³/mol. The van der Waals surface area contributed by atoms with Gasteiger partial charge in [-0.1, -0.05) is 25.5 Å². The van der Waals surface area contributed by atoms with Crippen molar-refractivity contribution in [1.82, 2.24) is 0 Å². The van der Waals surface area contributed by atoms with E-state index in [1.54, 1.807) is 7.11 Å². The summed E-state index contributed by atoms with van der Waals surface area (Å²) in [6, 6.07) is 7.85. The third kappa shape index (κ3) is 1.82. The third-order valence-corrected chi connectivity index (χ3v) is 3.85. The second-order valence-corrected chi connectivity index (χ2v) is 4.65. The summed E-state index contributed by atoms with van der Waals surface area (Å²) < 4.78 is 5.22. The summed E-state index contributed by atoms with van der Waals surface area (Å²) in [5.41, 5.74) is 0.375. The van der Waals surface area contributed by atoms with Crippen LogP contribution >= 0.6 is 0 Å². The van der Waals surface area contributed by atoms with Gasteiger partial charge in [0.15, 0.2) is 0 Å². The van der Waals surface area contributed by atoms with Crippen molar-refractivity contribution in [1.29, 1.82) is 0 Å². The number of methoxy groups -OCH3 is 1. The van der Waals surface area contributed by atoms with Crippen molar-refractivity contribution in [3.8, 4) is 5.75 Å². The largest absolute Gasteiger partial charge is 0.497 e. The Morgan fingerprint density at radius 1 is 1.50 bits per heavy atom. The van der Waals surface area contributed by atoms with E-state index in [2.05, 4.69) is 6.92 Å². The van der Waals surface area contributed by atoms with E-state index < -0.39 is 5.60 Å². The molecule has 1 aromatic rings. The minimum Gasteiger partial charge on any atom is -0.497 e. The summed E-state index contributed by atoms with van der Waals surface area (Å²) in [5, 5.41) is 10.8. The maximum absolute atomic E-state index is 10.8. The van der Waals surface area contributed by atoms with Gasteiger partial charge in [0.25, 0.3) is 0 Å². The van der Waals surface area contributed by atoms with Gasteiger partial charge in [-0.25, -0.2) is 0 Å². The summed E-state index contributed by atoms with van der Waals surface area (Å²) in [4.78, 5) is 0. The van der Waals surface area contributed by atoms with Crippen LogP contribution in [0.3, 0.4) is 0 Å². The highest BCUT2D eigenvalue weighted by atomic mass is 16.5. The first-order valence-corrected chi connectivity index (χ1v) is 6.07. The molecule has 1 aliphatic carbocycles. The Morgan fingerprint density at radius 3 is 3.00 bits per heavy atom. The molecule has 2 rings (SSSR count). The molecule has 1 aliphatic rings. The Bertz CT molecular complexity index is 362.